The first-order valence-electron chi connectivity index (χ1n) is 15.5. The number of hydrogen-bond acceptors (Lipinski definition) is 5. The molecule has 7 aromatic rings. The summed E-state index contributed by atoms with van der Waals surface area (Å²) in [5.74, 6) is 1.37. The first kappa shape index (κ1) is 25.8. The van der Waals surface area contributed by atoms with Gasteiger partial charge in [-0.15, -0.1) is 0 Å². The Morgan fingerprint density at radius 3 is 2.38 bits per heavy atom. The lowest BCUT2D eigenvalue weighted by atomic mass is 9.87. The van der Waals surface area contributed by atoms with Gasteiger partial charge in [-0.2, -0.15) is 0 Å². The van der Waals surface area contributed by atoms with Crippen molar-refractivity contribution in [2.75, 3.05) is 4.90 Å². The van der Waals surface area contributed by atoms with Crippen LogP contribution in [-0.2, 0) is 0 Å². The molecule has 3 aromatic heterocycles. The molecule has 0 radical (unpaired) electrons. The third-order valence-corrected chi connectivity index (χ3v) is 9.11. The average molecular weight is 584 g/mol. The molecule has 4 heterocycles. The van der Waals surface area contributed by atoms with Crippen LogP contribution < -0.4 is 9.64 Å². The second-order valence-corrected chi connectivity index (χ2v) is 11.7. The Morgan fingerprint density at radius 1 is 0.711 bits per heavy atom. The van der Waals surface area contributed by atoms with Gasteiger partial charge in [-0.3, -0.25) is 9.97 Å². The van der Waals surface area contributed by atoms with Crippen LogP contribution in [0.2, 0.25) is 0 Å². The number of aromatic nitrogens is 2. The zero-order valence-electron chi connectivity index (χ0n) is 24.5. The normalized spacial score (nSPS) is 16.8. The average Bonchev–Trinajstić information content (AvgIpc) is 3.69. The highest BCUT2D eigenvalue weighted by Crippen LogP contribution is 2.51. The van der Waals surface area contributed by atoms with E-state index >= 15 is 0 Å². The van der Waals surface area contributed by atoms with E-state index in [1.54, 1.807) is 0 Å². The molecule has 0 saturated carbocycles. The van der Waals surface area contributed by atoms with Crippen molar-refractivity contribution >= 4 is 39.0 Å². The third kappa shape index (κ3) is 4.31. The first-order valence-corrected chi connectivity index (χ1v) is 15.5. The summed E-state index contributed by atoms with van der Waals surface area (Å²) in [6.07, 6.45) is 12.4. The van der Waals surface area contributed by atoms with Crippen LogP contribution in [0.1, 0.15) is 24.3 Å². The summed E-state index contributed by atoms with van der Waals surface area (Å²) in [4.78, 5) is 11.4. The smallest absolute Gasteiger partial charge is 0.147 e. The molecule has 0 saturated heterocycles. The molecule has 0 bridgehead atoms. The number of benzene rings is 4. The van der Waals surface area contributed by atoms with Crippen molar-refractivity contribution in [2.45, 2.75) is 24.9 Å². The Morgan fingerprint density at radius 2 is 1.51 bits per heavy atom. The molecule has 0 N–H and O–H groups in total. The lowest BCUT2D eigenvalue weighted by molar-refractivity contribution is 0.245. The highest BCUT2D eigenvalue weighted by atomic mass is 16.5. The van der Waals surface area contributed by atoms with Crippen molar-refractivity contribution in [1.82, 2.24) is 9.97 Å². The fourth-order valence-corrected chi connectivity index (χ4v) is 6.93. The molecule has 0 spiro atoms. The van der Waals surface area contributed by atoms with Crippen molar-refractivity contribution in [3.8, 4) is 28.1 Å². The van der Waals surface area contributed by atoms with Gasteiger partial charge in [-0.05, 0) is 61.4 Å². The summed E-state index contributed by atoms with van der Waals surface area (Å²) in [5, 5.41) is 2.24. The van der Waals surface area contributed by atoms with E-state index in [-0.39, 0.29) is 6.10 Å². The van der Waals surface area contributed by atoms with Crippen LogP contribution >= 0.6 is 0 Å². The minimum absolute atomic E-state index is 0.101. The van der Waals surface area contributed by atoms with E-state index in [0.29, 0.717) is 5.92 Å². The van der Waals surface area contributed by atoms with E-state index in [2.05, 4.69) is 101 Å². The molecule has 1 aliphatic carbocycles. The molecular weight excluding hydrogens is 554 g/mol. The molecule has 9 rings (SSSR count). The van der Waals surface area contributed by atoms with Crippen molar-refractivity contribution in [3.63, 3.8) is 0 Å². The standard InChI is InChI=1S/C40H29N3O2/c1-3-13-37-31(7-1)33-10-5-9-30(39(33)44-37)27-17-20-35(42-25-27)26-15-18-28(19-16-26)43(29-21-23-41-24-22-29)36-12-6-11-34-32-8-2-4-14-38(32)45-40(34)36/h1,3-7,9-25,32,38H,2,8H2. The number of rotatable bonds is 5. The van der Waals surface area contributed by atoms with Gasteiger partial charge >= 0.3 is 0 Å². The van der Waals surface area contributed by atoms with Crippen LogP contribution in [-0.4, -0.2) is 16.1 Å². The minimum Gasteiger partial charge on any atom is -0.483 e. The fraction of sp³-hybridized carbons (Fsp3) is 0.100. The SMILES string of the molecule is C1=CC2Oc3c(cccc3N(c3ccncc3)c3ccc(-c4ccc(-c5cccc6c5oc5ccccc56)cn4)cc3)C2CC1. The van der Waals surface area contributed by atoms with Gasteiger partial charge < -0.3 is 14.1 Å². The summed E-state index contributed by atoms with van der Waals surface area (Å²) in [6, 6.07) is 37.9. The van der Waals surface area contributed by atoms with Crippen LogP contribution in [0, 0.1) is 0 Å². The van der Waals surface area contributed by atoms with Crippen molar-refractivity contribution in [1.29, 1.82) is 0 Å². The second kappa shape index (κ2) is 10.5. The van der Waals surface area contributed by atoms with Crippen LogP contribution in [0.3, 0.4) is 0 Å². The lowest BCUT2D eigenvalue weighted by Crippen LogP contribution is -2.18. The summed E-state index contributed by atoms with van der Waals surface area (Å²) in [5.41, 5.74) is 10.2. The molecule has 0 amide bonds. The van der Waals surface area contributed by atoms with E-state index in [0.717, 1.165) is 80.0 Å². The maximum absolute atomic E-state index is 6.59. The zero-order valence-corrected chi connectivity index (χ0v) is 24.5. The maximum atomic E-state index is 6.59. The number of furan rings is 1. The number of anilines is 3. The first-order chi connectivity index (χ1) is 22.3. The van der Waals surface area contributed by atoms with Crippen LogP contribution in [0.15, 0.2) is 144 Å². The van der Waals surface area contributed by atoms with E-state index in [9.17, 15) is 0 Å². The Hall–Kier alpha value is -5.68. The zero-order chi connectivity index (χ0) is 29.7. The molecule has 2 atom stereocenters. The van der Waals surface area contributed by atoms with E-state index in [1.165, 1.54) is 5.56 Å². The van der Waals surface area contributed by atoms with Gasteiger partial charge in [0.2, 0.25) is 0 Å². The molecule has 216 valence electrons. The topological polar surface area (TPSA) is 51.4 Å². The third-order valence-electron chi connectivity index (χ3n) is 9.11. The molecule has 2 unspecified atom stereocenters. The molecule has 0 fully saturated rings. The number of ether oxygens (including phenoxy) is 1. The molecule has 5 nitrogen and oxygen atoms in total. The van der Waals surface area contributed by atoms with Gasteiger partial charge in [0.05, 0.1) is 11.4 Å². The molecule has 1 aliphatic heterocycles. The van der Waals surface area contributed by atoms with Crippen molar-refractivity contribution in [3.05, 3.63) is 146 Å². The Bertz CT molecular complexity index is 2200. The fourth-order valence-electron chi connectivity index (χ4n) is 6.93. The van der Waals surface area contributed by atoms with Gasteiger partial charge in [0.25, 0.3) is 0 Å². The van der Waals surface area contributed by atoms with Crippen molar-refractivity contribution < 1.29 is 9.15 Å². The van der Waals surface area contributed by atoms with Crippen LogP contribution in [0.25, 0.3) is 44.3 Å². The van der Waals surface area contributed by atoms with Gasteiger partial charge in [0.15, 0.2) is 0 Å². The summed E-state index contributed by atoms with van der Waals surface area (Å²) in [6.45, 7) is 0. The van der Waals surface area contributed by atoms with Gasteiger partial charge in [0, 0.05) is 68.9 Å². The number of para-hydroxylation sites is 3. The molecule has 45 heavy (non-hydrogen) atoms. The van der Waals surface area contributed by atoms with E-state index in [4.69, 9.17) is 14.1 Å². The van der Waals surface area contributed by atoms with Crippen molar-refractivity contribution in [2.24, 2.45) is 0 Å². The van der Waals surface area contributed by atoms with E-state index < -0.39 is 0 Å². The van der Waals surface area contributed by atoms with E-state index in [1.807, 2.05) is 48.9 Å². The molecular formula is C40H29N3O2. The summed E-state index contributed by atoms with van der Waals surface area (Å²) < 4.78 is 12.9. The van der Waals surface area contributed by atoms with Crippen LogP contribution in [0.5, 0.6) is 5.75 Å². The van der Waals surface area contributed by atoms with Gasteiger partial charge in [-0.1, -0.05) is 72.8 Å². The highest BCUT2D eigenvalue weighted by molar-refractivity contribution is 6.09. The predicted octanol–water partition coefficient (Wildman–Crippen LogP) is 10.4. The number of allylic oxidation sites excluding steroid dienone is 1. The number of fused-ring (bicyclic) bond motifs is 6. The quantitative estimate of drug-likeness (QED) is 0.189. The van der Waals surface area contributed by atoms with Gasteiger partial charge in [-0.25, -0.2) is 0 Å². The number of pyridine rings is 2. The largest absolute Gasteiger partial charge is 0.483 e. The number of nitrogens with zero attached hydrogens (tertiary/aromatic N) is 3. The summed E-state index contributed by atoms with van der Waals surface area (Å²) in [7, 11) is 0. The Kier molecular flexibility index (Phi) is 6.01. The predicted molar refractivity (Wildman–Crippen MR) is 180 cm³/mol. The maximum Gasteiger partial charge on any atom is 0.147 e. The monoisotopic (exact) mass is 583 g/mol. The number of hydrogen-bond donors (Lipinski definition) is 0. The van der Waals surface area contributed by atoms with Crippen LogP contribution in [0.4, 0.5) is 17.1 Å². The summed E-state index contributed by atoms with van der Waals surface area (Å²) >= 11 is 0. The Balaban J connectivity index is 1.06. The molecule has 5 heteroatoms. The molecule has 4 aromatic carbocycles. The lowest BCUT2D eigenvalue weighted by Gasteiger charge is -2.27. The van der Waals surface area contributed by atoms with Gasteiger partial charge in [0.1, 0.15) is 23.0 Å². The minimum atomic E-state index is 0.101. The second-order valence-electron chi connectivity index (χ2n) is 11.7. The Labute approximate surface area is 261 Å². The highest BCUT2D eigenvalue weighted by Gasteiger charge is 2.36. The molecule has 2 aliphatic rings.